The van der Waals surface area contributed by atoms with E-state index in [1.165, 1.54) is 17.7 Å². The van der Waals surface area contributed by atoms with Gasteiger partial charge in [0.25, 0.3) is 0 Å². The molecule has 0 aromatic carbocycles. The molecule has 1 aromatic heterocycles. The molecule has 4 atom stereocenters. The number of aromatic nitrogens is 3. The third-order valence-corrected chi connectivity index (χ3v) is 6.04. The summed E-state index contributed by atoms with van der Waals surface area (Å²) in [5.74, 6) is 1.22. The van der Waals surface area contributed by atoms with E-state index in [2.05, 4.69) is 30.9 Å². The summed E-state index contributed by atoms with van der Waals surface area (Å²) in [6, 6.07) is 1.24. The molecule has 1 aliphatic heterocycles. The van der Waals surface area contributed by atoms with E-state index in [1.54, 1.807) is 6.33 Å². The van der Waals surface area contributed by atoms with Crippen LogP contribution >= 0.6 is 0 Å². The van der Waals surface area contributed by atoms with Crippen molar-refractivity contribution in [2.45, 2.75) is 58.8 Å². The van der Waals surface area contributed by atoms with Crippen LogP contribution in [0.4, 0.5) is 4.39 Å². The summed E-state index contributed by atoms with van der Waals surface area (Å²) in [6.07, 6.45) is 5.15. The van der Waals surface area contributed by atoms with Crippen LogP contribution in [0.15, 0.2) is 12.7 Å². The van der Waals surface area contributed by atoms with Crippen LogP contribution in [0.1, 0.15) is 40.0 Å². The Balaban J connectivity index is 0.000000190. The first kappa shape index (κ1) is 20.3. The largest absolute Gasteiger partial charge is 0.323 e. The van der Waals surface area contributed by atoms with Gasteiger partial charge in [0.1, 0.15) is 24.9 Å². The van der Waals surface area contributed by atoms with Gasteiger partial charge < -0.3 is 10.6 Å². The van der Waals surface area contributed by atoms with Crippen molar-refractivity contribution >= 4 is 5.91 Å². The highest BCUT2D eigenvalue weighted by Gasteiger charge is 2.40. The predicted molar refractivity (Wildman–Crippen MR) is 95.4 cm³/mol. The highest BCUT2D eigenvalue weighted by molar-refractivity contribution is 5.79. The molecular formula is C18H29FN6O. The summed E-state index contributed by atoms with van der Waals surface area (Å²) in [7, 11) is 0. The van der Waals surface area contributed by atoms with Gasteiger partial charge in [-0.05, 0) is 30.1 Å². The number of amides is 1. The molecule has 2 fully saturated rings. The zero-order valence-corrected chi connectivity index (χ0v) is 15.8. The molecule has 8 heteroatoms. The predicted octanol–water partition coefficient (Wildman–Crippen LogP) is 1.76. The second-order valence-electron chi connectivity index (χ2n) is 7.84. The minimum absolute atomic E-state index is 0.00819. The number of hydrogen-bond acceptors (Lipinski definition) is 5. The van der Waals surface area contributed by atoms with Gasteiger partial charge in [-0.2, -0.15) is 10.4 Å². The third kappa shape index (κ3) is 4.58. The van der Waals surface area contributed by atoms with Gasteiger partial charge in [-0.3, -0.25) is 9.48 Å². The number of halogens is 1. The van der Waals surface area contributed by atoms with Gasteiger partial charge in [-0.25, -0.2) is 9.37 Å². The fraction of sp³-hybridized carbons (Fsp3) is 0.778. The van der Waals surface area contributed by atoms with Crippen molar-refractivity contribution in [3.8, 4) is 6.07 Å². The summed E-state index contributed by atoms with van der Waals surface area (Å²) in [6.45, 7) is 8.00. The maximum Gasteiger partial charge on any atom is 0.237 e. The number of alkyl halides is 1. The molecule has 2 N–H and O–H groups in total. The average molecular weight is 364 g/mol. The lowest BCUT2D eigenvalue weighted by molar-refractivity contribution is -0.129. The molecule has 26 heavy (non-hydrogen) atoms. The third-order valence-electron chi connectivity index (χ3n) is 6.04. The van der Waals surface area contributed by atoms with Gasteiger partial charge in [0, 0.05) is 13.0 Å². The molecule has 1 aliphatic carbocycles. The fourth-order valence-electron chi connectivity index (χ4n) is 3.78. The summed E-state index contributed by atoms with van der Waals surface area (Å²) >= 11 is 0. The molecule has 0 unspecified atom stereocenters. The Bertz CT molecular complexity index is 626. The number of rotatable bonds is 3. The fourth-order valence-corrected chi connectivity index (χ4v) is 3.78. The van der Waals surface area contributed by atoms with Crippen molar-refractivity contribution in [1.82, 2.24) is 19.7 Å². The Kier molecular flexibility index (Phi) is 6.70. The molecule has 1 saturated heterocycles. The number of nitrogens with zero attached hydrogens (tertiary/aromatic N) is 5. The molecule has 1 saturated carbocycles. The van der Waals surface area contributed by atoms with Gasteiger partial charge in [-0.15, -0.1) is 0 Å². The van der Waals surface area contributed by atoms with E-state index in [-0.39, 0.29) is 25.4 Å². The monoisotopic (exact) mass is 364 g/mol. The molecule has 0 radical (unpaired) electrons. The highest BCUT2D eigenvalue weighted by Crippen LogP contribution is 2.47. The smallest absolute Gasteiger partial charge is 0.237 e. The van der Waals surface area contributed by atoms with E-state index in [1.807, 2.05) is 17.1 Å². The Morgan fingerprint density at radius 2 is 2.19 bits per heavy atom. The van der Waals surface area contributed by atoms with Gasteiger partial charge in [0.05, 0.1) is 19.2 Å². The molecule has 0 spiro atoms. The minimum atomic E-state index is -1.08. The number of carbonyl (C=O) groups is 1. The topological polar surface area (TPSA) is 101 Å². The normalized spacial score (nSPS) is 29.8. The molecular weight excluding hydrogens is 335 g/mol. The van der Waals surface area contributed by atoms with E-state index in [0.29, 0.717) is 5.41 Å². The number of nitriles is 1. The first-order valence-corrected chi connectivity index (χ1v) is 9.15. The Morgan fingerprint density at radius 3 is 2.69 bits per heavy atom. The molecule has 1 amide bonds. The van der Waals surface area contributed by atoms with Crippen molar-refractivity contribution in [3.63, 3.8) is 0 Å². The lowest BCUT2D eigenvalue weighted by atomic mass is 9.76. The van der Waals surface area contributed by atoms with Crippen LogP contribution < -0.4 is 5.73 Å². The maximum atomic E-state index is 12.7. The van der Waals surface area contributed by atoms with Crippen molar-refractivity contribution in [1.29, 1.82) is 5.26 Å². The van der Waals surface area contributed by atoms with Crippen molar-refractivity contribution in [2.75, 3.05) is 13.1 Å². The SMILES string of the molecule is C[C@@H]1CC[C@@H](Cn2cncn2)C1(C)C.N#C[C@@H]1C[C@H](F)CN1C(=O)CN. The van der Waals surface area contributed by atoms with Crippen LogP contribution in [0.2, 0.25) is 0 Å². The minimum Gasteiger partial charge on any atom is -0.323 e. The summed E-state index contributed by atoms with van der Waals surface area (Å²) in [5.41, 5.74) is 5.54. The van der Waals surface area contributed by atoms with Crippen LogP contribution in [-0.4, -0.2) is 50.9 Å². The zero-order valence-electron chi connectivity index (χ0n) is 15.8. The molecule has 7 nitrogen and oxygen atoms in total. The molecule has 1 aromatic rings. The Hall–Kier alpha value is -2.01. The maximum absolute atomic E-state index is 12.7. The van der Waals surface area contributed by atoms with Crippen molar-refractivity contribution in [3.05, 3.63) is 12.7 Å². The summed E-state index contributed by atoms with van der Waals surface area (Å²) in [4.78, 5) is 16.2. The average Bonchev–Trinajstić information content (AvgIpc) is 3.31. The summed E-state index contributed by atoms with van der Waals surface area (Å²) in [5, 5.41) is 12.7. The van der Waals surface area contributed by atoms with Gasteiger partial charge >= 0.3 is 0 Å². The van der Waals surface area contributed by atoms with Crippen LogP contribution in [0.25, 0.3) is 0 Å². The van der Waals surface area contributed by atoms with Crippen LogP contribution in [0.3, 0.4) is 0 Å². The number of nitrogens with two attached hydrogens (primary N) is 1. The van der Waals surface area contributed by atoms with E-state index in [0.717, 1.165) is 18.4 Å². The van der Waals surface area contributed by atoms with Crippen molar-refractivity contribution < 1.29 is 9.18 Å². The molecule has 3 rings (SSSR count). The van der Waals surface area contributed by atoms with Gasteiger partial charge in [0.2, 0.25) is 5.91 Å². The van der Waals surface area contributed by atoms with Crippen LogP contribution in [-0.2, 0) is 11.3 Å². The van der Waals surface area contributed by atoms with E-state index in [4.69, 9.17) is 11.0 Å². The van der Waals surface area contributed by atoms with Crippen LogP contribution in [0, 0.1) is 28.6 Å². The summed E-state index contributed by atoms with van der Waals surface area (Å²) < 4.78 is 14.7. The first-order chi connectivity index (χ1) is 12.3. The number of likely N-dealkylation sites (tertiary alicyclic amines) is 1. The zero-order chi connectivity index (χ0) is 19.3. The van der Waals surface area contributed by atoms with Gasteiger partial charge in [0.15, 0.2) is 0 Å². The molecule has 144 valence electrons. The molecule has 2 heterocycles. The Morgan fingerprint density at radius 1 is 1.46 bits per heavy atom. The number of carbonyl (C=O) groups excluding carboxylic acids is 1. The van der Waals surface area contributed by atoms with E-state index in [9.17, 15) is 9.18 Å². The first-order valence-electron chi connectivity index (χ1n) is 9.15. The second-order valence-corrected chi connectivity index (χ2v) is 7.84. The molecule has 0 bridgehead atoms. The quantitative estimate of drug-likeness (QED) is 0.881. The van der Waals surface area contributed by atoms with E-state index < -0.39 is 12.2 Å². The second kappa shape index (κ2) is 8.58. The Labute approximate surface area is 154 Å². The standard InChI is InChI=1S/C11H19N3.C7H10FN3O/c1-9-4-5-10(11(9,2)3)6-14-8-12-7-13-14;8-5-1-6(2-9)11(4-5)7(12)3-10/h7-10H,4-6H2,1-3H3;5-6H,1,3-4,10H2/t9-,10+;5-,6-/m10/s1. The van der Waals surface area contributed by atoms with E-state index >= 15 is 0 Å². The van der Waals surface area contributed by atoms with Gasteiger partial charge in [-0.1, -0.05) is 20.8 Å². The lowest BCUT2D eigenvalue weighted by Crippen LogP contribution is -2.39. The van der Waals surface area contributed by atoms with Crippen LogP contribution in [0.5, 0.6) is 0 Å². The molecule has 2 aliphatic rings. The lowest BCUT2D eigenvalue weighted by Gasteiger charge is -2.31. The highest BCUT2D eigenvalue weighted by atomic mass is 19.1. The number of hydrogen-bond donors (Lipinski definition) is 1. The van der Waals surface area contributed by atoms with Crippen molar-refractivity contribution in [2.24, 2.45) is 23.0 Å².